The molecule has 0 aliphatic heterocycles. The van der Waals surface area contributed by atoms with Gasteiger partial charge in [-0.3, -0.25) is 9.78 Å². The minimum absolute atomic E-state index is 0.0445. The van der Waals surface area contributed by atoms with Crippen molar-refractivity contribution < 1.29 is 4.79 Å². The quantitative estimate of drug-likeness (QED) is 0.611. The maximum absolute atomic E-state index is 12.5. The molecule has 0 spiro atoms. The molecule has 0 saturated carbocycles. The zero-order valence-electron chi connectivity index (χ0n) is 13.1. The lowest BCUT2D eigenvalue weighted by atomic mass is 10.2. The summed E-state index contributed by atoms with van der Waals surface area (Å²) in [5.41, 5.74) is 1.82. The number of aromatic nitrogens is 1. The third-order valence-corrected chi connectivity index (χ3v) is 3.96. The van der Waals surface area contributed by atoms with Crippen molar-refractivity contribution >= 4 is 29.4 Å². The van der Waals surface area contributed by atoms with Gasteiger partial charge in [-0.1, -0.05) is 12.1 Å². The van der Waals surface area contributed by atoms with E-state index in [0.717, 1.165) is 11.3 Å². The van der Waals surface area contributed by atoms with E-state index in [9.17, 15) is 4.79 Å². The largest absolute Gasteiger partial charge is 0.305 e. The van der Waals surface area contributed by atoms with Crippen molar-refractivity contribution in [1.82, 2.24) is 4.98 Å². The number of amides is 1. The molecule has 0 unspecified atom stereocenters. The van der Waals surface area contributed by atoms with Crippen molar-refractivity contribution in [2.45, 2.75) is 24.8 Å². The van der Waals surface area contributed by atoms with Gasteiger partial charge in [0.15, 0.2) is 0 Å². The van der Waals surface area contributed by atoms with Gasteiger partial charge in [0.2, 0.25) is 0 Å². The molecule has 0 radical (unpaired) electrons. The van der Waals surface area contributed by atoms with Crippen molar-refractivity contribution in [3.05, 3.63) is 60.4 Å². The zero-order valence-corrected chi connectivity index (χ0v) is 13.9. The third-order valence-electron chi connectivity index (χ3n) is 3.21. The maximum Gasteiger partial charge on any atom is 0.251 e. The molecule has 1 aromatic carbocycles. The molecule has 4 heteroatoms. The summed E-state index contributed by atoms with van der Waals surface area (Å²) in [5, 5.41) is 0. The number of rotatable bonds is 5. The number of thioether (sulfide) groups is 1. The van der Waals surface area contributed by atoms with Crippen LogP contribution in [-0.4, -0.2) is 23.2 Å². The Morgan fingerprint density at radius 3 is 2.50 bits per heavy atom. The highest BCUT2D eigenvalue weighted by molar-refractivity contribution is 7.98. The Labute approximate surface area is 136 Å². The standard InChI is InChI=1S/C18H20N2OS/c1-14(2)20(16-5-4-12-19-13-16)18(21)11-8-15-6-9-17(22-3)10-7-15/h4-14H,1-3H3/b11-8+. The lowest BCUT2D eigenvalue weighted by Gasteiger charge is -2.25. The summed E-state index contributed by atoms with van der Waals surface area (Å²) in [7, 11) is 0. The summed E-state index contributed by atoms with van der Waals surface area (Å²) in [6, 6.07) is 11.9. The van der Waals surface area contributed by atoms with Crippen LogP contribution in [0.25, 0.3) is 6.08 Å². The number of hydrogen-bond acceptors (Lipinski definition) is 3. The third kappa shape index (κ3) is 4.21. The molecule has 1 aromatic heterocycles. The second kappa shape index (κ2) is 7.80. The van der Waals surface area contributed by atoms with Gasteiger partial charge < -0.3 is 4.90 Å². The van der Waals surface area contributed by atoms with Crippen LogP contribution in [0, 0.1) is 0 Å². The van der Waals surface area contributed by atoms with Crippen molar-refractivity contribution in [3.63, 3.8) is 0 Å². The Bertz CT molecular complexity index is 636. The molecule has 22 heavy (non-hydrogen) atoms. The van der Waals surface area contributed by atoms with E-state index in [-0.39, 0.29) is 11.9 Å². The summed E-state index contributed by atoms with van der Waals surface area (Å²) < 4.78 is 0. The molecular formula is C18H20N2OS. The molecule has 0 fully saturated rings. The fourth-order valence-corrected chi connectivity index (χ4v) is 2.55. The van der Waals surface area contributed by atoms with Crippen LogP contribution < -0.4 is 4.90 Å². The second-order valence-corrected chi connectivity index (χ2v) is 6.00. The number of carbonyl (C=O) groups excluding carboxylic acids is 1. The molecule has 0 saturated heterocycles. The van der Waals surface area contributed by atoms with Gasteiger partial charge in [-0.25, -0.2) is 0 Å². The molecule has 0 N–H and O–H groups in total. The highest BCUT2D eigenvalue weighted by Gasteiger charge is 2.16. The summed E-state index contributed by atoms with van der Waals surface area (Å²) in [4.78, 5) is 19.5. The molecule has 2 aromatic rings. The molecule has 0 atom stereocenters. The minimum atomic E-state index is -0.0445. The molecular weight excluding hydrogens is 292 g/mol. The first kappa shape index (κ1) is 16.3. The molecule has 0 bridgehead atoms. The fraction of sp³-hybridized carbons (Fsp3) is 0.222. The minimum Gasteiger partial charge on any atom is -0.305 e. The molecule has 1 amide bonds. The van der Waals surface area contributed by atoms with Gasteiger partial charge in [0.25, 0.3) is 5.91 Å². The van der Waals surface area contributed by atoms with E-state index >= 15 is 0 Å². The van der Waals surface area contributed by atoms with Crippen LogP contribution in [-0.2, 0) is 4.79 Å². The molecule has 3 nitrogen and oxygen atoms in total. The monoisotopic (exact) mass is 312 g/mol. The first-order valence-electron chi connectivity index (χ1n) is 7.17. The van der Waals surface area contributed by atoms with E-state index in [2.05, 4.69) is 17.1 Å². The van der Waals surface area contributed by atoms with E-state index in [1.165, 1.54) is 4.90 Å². The summed E-state index contributed by atoms with van der Waals surface area (Å²) >= 11 is 1.70. The lowest BCUT2D eigenvalue weighted by Crippen LogP contribution is -2.35. The van der Waals surface area contributed by atoms with Gasteiger partial charge in [0.05, 0.1) is 11.9 Å². The molecule has 114 valence electrons. The topological polar surface area (TPSA) is 33.2 Å². The zero-order chi connectivity index (χ0) is 15.9. The number of anilines is 1. The van der Waals surface area contributed by atoms with E-state index in [0.29, 0.717) is 0 Å². The molecule has 0 aliphatic carbocycles. The normalized spacial score (nSPS) is 11.1. The van der Waals surface area contributed by atoms with Crippen LogP contribution in [0.2, 0.25) is 0 Å². The Hall–Kier alpha value is -2.07. The Morgan fingerprint density at radius 2 is 1.95 bits per heavy atom. The van der Waals surface area contributed by atoms with Crippen LogP contribution in [0.1, 0.15) is 19.4 Å². The van der Waals surface area contributed by atoms with Crippen molar-refractivity contribution in [1.29, 1.82) is 0 Å². The van der Waals surface area contributed by atoms with Crippen molar-refractivity contribution in [2.75, 3.05) is 11.2 Å². The summed E-state index contributed by atoms with van der Waals surface area (Å²) in [6.45, 7) is 3.98. The lowest BCUT2D eigenvalue weighted by molar-refractivity contribution is -0.114. The van der Waals surface area contributed by atoms with Crippen molar-refractivity contribution in [2.24, 2.45) is 0 Å². The first-order chi connectivity index (χ1) is 10.6. The maximum atomic E-state index is 12.5. The number of pyridine rings is 1. The Balaban J connectivity index is 2.15. The van der Waals surface area contributed by atoms with Crippen LogP contribution >= 0.6 is 11.8 Å². The van der Waals surface area contributed by atoms with Gasteiger partial charge in [-0.2, -0.15) is 0 Å². The summed E-state index contributed by atoms with van der Waals surface area (Å²) in [6.07, 6.45) is 8.91. The number of nitrogens with zero attached hydrogens (tertiary/aromatic N) is 2. The van der Waals surface area contributed by atoms with Gasteiger partial charge in [0.1, 0.15) is 0 Å². The number of hydrogen-bond donors (Lipinski definition) is 0. The predicted molar refractivity (Wildman–Crippen MR) is 94.1 cm³/mol. The predicted octanol–water partition coefficient (Wildman–Crippen LogP) is 4.26. The number of carbonyl (C=O) groups is 1. The average molecular weight is 312 g/mol. The van der Waals surface area contributed by atoms with Crippen LogP contribution in [0.15, 0.2) is 59.8 Å². The Kier molecular flexibility index (Phi) is 5.78. The Morgan fingerprint density at radius 1 is 1.23 bits per heavy atom. The highest BCUT2D eigenvalue weighted by atomic mass is 32.2. The van der Waals surface area contributed by atoms with Crippen molar-refractivity contribution in [3.8, 4) is 0 Å². The van der Waals surface area contributed by atoms with E-state index in [1.807, 2.05) is 50.4 Å². The summed E-state index contributed by atoms with van der Waals surface area (Å²) in [5.74, 6) is -0.0445. The smallest absolute Gasteiger partial charge is 0.251 e. The van der Waals surface area contributed by atoms with Crippen LogP contribution in [0.5, 0.6) is 0 Å². The van der Waals surface area contributed by atoms with Gasteiger partial charge in [-0.05, 0) is 56.0 Å². The van der Waals surface area contributed by atoms with Gasteiger partial charge >= 0.3 is 0 Å². The van der Waals surface area contributed by atoms with E-state index in [4.69, 9.17) is 0 Å². The molecule has 0 aliphatic rings. The fourth-order valence-electron chi connectivity index (χ4n) is 2.14. The first-order valence-corrected chi connectivity index (χ1v) is 8.39. The average Bonchev–Trinajstić information content (AvgIpc) is 2.54. The van der Waals surface area contributed by atoms with Crippen LogP contribution in [0.3, 0.4) is 0 Å². The number of benzene rings is 1. The highest BCUT2D eigenvalue weighted by Crippen LogP contribution is 2.18. The second-order valence-electron chi connectivity index (χ2n) is 5.12. The molecule has 2 rings (SSSR count). The van der Waals surface area contributed by atoms with Gasteiger partial charge in [0, 0.05) is 23.2 Å². The van der Waals surface area contributed by atoms with Gasteiger partial charge in [-0.15, -0.1) is 11.8 Å². The van der Waals surface area contributed by atoms with Crippen LogP contribution in [0.4, 0.5) is 5.69 Å². The molecule has 1 heterocycles. The SMILES string of the molecule is CSc1ccc(/C=C/C(=O)N(c2cccnc2)C(C)C)cc1. The van der Waals surface area contributed by atoms with E-state index in [1.54, 1.807) is 35.1 Å². The van der Waals surface area contributed by atoms with E-state index < -0.39 is 0 Å².